The summed E-state index contributed by atoms with van der Waals surface area (Å²) in [5, 5.41) is 62.3. The van der Waals surface area contributed by atoms with Gasteiger partial charge in [-0.15, -0.1) is 0 Å². The van der Waals surface area contributed by atoms with Crippen molar-refractivity contribution in [1.82, 2.24) is 0 Å². The minimum atomic E-state index is -1.60. The Morgan fingerprint density at radius 3 is 1.87 bits per heavy atom. The SMILES string of the molecule is CCCCCCCCCCCCCC[C@@H](O)[C@@H](O)[C@@H](/C=C(/F)CCCCCCCCCC[C@H]1C[C@@H]2C[C@H]1[C@H]1C[C@@H]21)COC1OC(CO)C(O)C(O)C1O. The number of unbranched alkanes of at least 4 members (excludes halogenated alkanes) is 18. The van der Waals surface area contributed by atoms with Gasteiger partial charge in [-0.2, -0.15) is 0 Å². The standard InChI is InChI=1S/C44H79FO8/c1-2-3-4-5-6-7-8-9-10-15-18-21-24-38(47)40(48)33(30-52-44-43(51)42(50)41(49)39(29-46)53-44)26-34(45)23-20-17-14-12-11-13-16-19-22-31-25-32-27-35(31)37-28-36(32)37/h26,31-33,35-44,46-51H,2-25,27-30H2,1H3/b34-26+/t31-,32+,33-,35+,36-,37+,38+,39?,40-,41?,42?,43?,44?/m0/s1. The molecule has 0 amide bonds. The number of halogens is 1. The fourth-order valence-corrected chi connectivity index (χ4v) is 10.1. The number of aliphatic hydroxyl groups excluding tert-OH is 6. The molecular weight excluding hydrogens is 675 g/mol. The summed E-state index contributed by atoms with van der Waals surface area (Å²) < 4.78 is 26.4. The van der Waals surface area contributed by atoms with Gasteiger partial charge in [0.05, 0.1) is 31.2 Å². The van der Waals surface area contributed by atoms with Gasteiger partial charge in [0.15, 0.2) is 6.29 Å². The quantitative estimate of drug-likeness (QED) is 0.0389. The molecule has 8 nitrogen and oxygen atoms in total. The highest BCUT2D eigenvalue weighted by Gasteiger charge is 2.60. The van der Waals surface area contributed by atoms with Gasteiger partial charge in [-0.05, 0) is 74.2 Å². The van der Waals surface area contributed by atoms with E-state index < -0.39 is 55.4 Å². The van der Waals surface area contributed by atoms with Crippen LogP contribution in [0.5, 0.6) is 0 Å². The average molecular weight is 755 g/mol. The smallest absolute Gasteiger partial charge is 0.186 e. The minimum absolute atomic E-state index is 0.240. The van der Waals surface area contributed by atoms with Crippen molar-refractivity contribution in [3.63, 3.8) is 0 Å². The molecule has 1 heterocycles. The van der Waals surface area contributed by atoms with Crippen LogP contribution in [-0.2, 0) is 9.47 Å². The Hall–Kier alpha value is -0.650. The third kappa shape index (κ3) is 15.0. The Morgan fingerprint density at radius 2 is 1.28 bits per heavy atom. The van der Waals surface area contributed by atoms with Crippen molar-refractivity contribution in [2.45, 2.75) is 217 Å². The summed E-state index contributed by atoms with van der Waals surface area (Å²) in [5.41, 5.74) is 0. The molecule has 1 saturated heterocycles. The zero-order chi connectivity index (χ0) is 38.0. The third-order valence-electron chi connectivity index (χ3n) is 13.5. The van der Waals surface area contributed by atoms with Crippen molar-refractivity contribution in [2.24, 2.45) is 35.5 Å². The molecule has 1 aliphatic heterocycles. The minimum Gasteiger partial charge on any atom is -0.394 e. The van der Waals surface area contributed by atoms with Crippen molar-refractivity contribution >= 4 is 0 Å². The van der Waals surface area contributed by atoms with E-state index in [0.717, 1.165) is 61.7 Å². The number of hydrogen-bond donors (Lipinski definition) is 6. The second kappa shape index (κ2) is 24.9. The maximum Gasteiger partial charge on any atom is 0.186 e. The summed E-state index contributed by atoms with van der Waals surface area (Å²) in [7, 11) is 0. The number of rotatable bonds is 31. The summed E-state index contributed by atoms with van der Waals surface area (Å²) >= 11 is 0. The summed E-state index contributed by atoms with van der Waals surface area (Å²) in [6, 6.07) is 0. The van der Waals surface area contributed by atoms with E-state index in [9.17, 15) is 30.6 Å². The molecule has 9 heteroatoms. The van der Waals surface area contributed by atoms with Gasteiger partial charge in [-0.1, -0.05) is 135 Å². The van der Waals surface area contributed by atoms with Crippen LogP contribution in [0, 0.1) is 35.5 Å². The van der Waals surface area contributed by atoms with Gasteiger partial charge >= 0.3 is 0 Å². The molecule has 6 N–H and O–H groups in total. The molecule has 0 aromatic heterocycles. The molecule has 4 aliphatic rings. The molecule has 0 aromatic carbocycles. The predicted molar refractivity (Wildman–Crippen MR) is 208 cm³/mol. The molecular formula is C44H79FO8. The lowest BCUT2D eigenvalue weighted by atomic mass is 9.85. The van der Waals surface area contributed by atoms with Crippen LogP contribution in [0.2, 0.25) is 0 Å². The highest BCUT2D eigenvalue weighted by molar-refractivity contribution is 5.09. The van der Waals surface area contributed by atoms with Crippen LogP contribution in [-0.4, -0.2) is 86.8 Å². The summed E-state index contributed by atoms with van der Waals surface area (Å²) in [6.07, 6.45) is 21.8. The van der Waals surface area contributed by atoms with Crippen LogP contribution in [0.25, 0.3) is 0 Å². The van der Waals surface area contributed by atoms with Crippen LogP contribution in [0.4, 0.5) is 4.39 Å². The van der Waals surface area contributed by atoms with Crippen LogP contribution in [0.15, 0.2) is 11.9 Å². The van der Waals surface area contributed by atoms with E-state index in [1.54, 1.807) is 0 Å². The van der Waals surface area contributed by atoms with Gasteiger partial charge in [0, 0.05) is 5.92 Å². The second-order valence-electron chi connectivity index (χ2n) is 17.6. The fraction of sp³-hybridized carbons (Fsp3) is 0.955. The highest BCUT2D eigenvalue weighted by Crippen LogP contribution is 2.68. The van der Waals surface area contributed by atoms with Crippen molar-refractivity contribution < 1.29 is 44.5 Å². The van der Waals surface area contributed by atoms with Gasteiger partial charge in [0.1, 0.15) is 24.4 Å². The summed E-state index contributed by atoms with van der Waals surface area (Å²) in [5.74, 6) is 4.12. The van der Waals surface area contributed by atoms with E-state index in [1.165, 1.54) is 122 Å². The molecule has 3 saturated carbocycles. The molecule has 2 bridgehead atoms. The largest absolute Gasteiger partial charge is 0.394 e. The fourth-order valence-electron chi connectivity index (χ4n) is 10.1. The van der Waals surface area contributed by atoms with E-state index in [2.05, 4.69) is 6.92 Å². The van der Waals surface area contributed by atoms with Crippen LogP contribution < -0.4 is 0 Å². The van der Waals surface area contributed by atoms with E-state index in [0.29, 0.717) is 12.8 Å². The van der Waals surface area contributed by atoms with E-state index in [-0.39, 0.29) is 18.9 Å². The van der Waals surface area contributed by atoms with Crippen LogP contribution in [0.3, 0.4) is 0 Å². The maximum absolute atomic E-state index is 15.3. The van der Waals surface area contributed by atoms with Gasteiger partial charge in [0.2, 0.25) is 0 Å². The van der Waals surface area contributed by atoms with Gasteiger partial charge < -0.3 is 40.1 Å². The predicted octanol–water partition coefficient (Wildman–Crippen LogP) is 8.28. The summed E-state index contributed by atoms with van der Waals surface area (Å²) in [6.45, 7) is 1.36. The number of fused-ring (bicyclic) bond motifs is 5. The Kier molecular flexibility index (Phi) is 21.1. The lowest BCUT2D eigenvalue weighted by Gasteiger charge is -2.40. The van der Waals surface area contributed by atoms with E-state index in [4.69, 9.17) is 9.47 Å². The monoisotopic (exact) mass is 755 g/mol. The number of ether oxygens (including phenoxy) is 2. The normalized spacial score (nSPS) is 32.6. The third-order valence-corrected chi connectivity index (χ3v) is 13.5. The maximum atomic E-state index is 15.3. The Morgan fingerprint density at radius 1 is 0.698 bits per heavy atom. The van der Waals surface area contributed by atoms with Crippen LogP contribution >= 0.6 is 0 Å². The van der Waals surface area contributed by atoms with Gasteiger partial charge in [-0.3, -0.25) is 0 Å². The molecule has 310 valence electrons. The average Bonchev–Trinajstić information content (AvgIpc) is 3.76. The first kappa shape index (κ1) is 45.1. The van der Waals surface area contributed by atoms with E-state index >= 15 is 4.39 Å². The highest BCUT2D eigenvalue weighted by atomic mass is 19.1. The molecule has 0 radical (unpaired) electrons. The summed E-state index contributed by atoms with van der Waals surface area (Å²) in [4.78, 5) is 0. The lowest BCUT2D eigenvalue weighted by molar-refractivity contribution is -0.303. The first-order valence-corrected chi connectivity index (χ1v) is 22.4. The molecule has 4 rings (SSSR count). The van der Waals surface area contributed by atoms with Crippen molar-refractivity contribution in [3.8, 4) is 0 Å². The van der Waals surface area contributed by atoms with Crippen molar-refractivity contribution in [2.75, 3.05) is 13.2 Å². The molecule has 4 fully saturated rings. The molecule has 3 aliphatic carbocycles. The zero-order valence-electron chi connectivity index (χ0n) is 33.3. The molecule has 0 aromatic rings. The number of allylic oxidation sites excluding steroid dienone is 1. The van der Waals surface area contributed by atoms with Crippen molar-refractivity contribution in [1.29, 1.82) is 0 Å². The topological polar surface area (TPSA) is 140 Å². The van der Waals surface area contributed by atoms with Gasteiger partial charge in [-0.25, -0.2) is 4.39 Å². The lowest BCUT2D eigenvalue weighted by Crippen LogP contribution is -2.59. The van der Waals surface area contributed by atoms with Crippen LogP contribution in [0.1, 0.15) is 174 Å². The molecule has 5 unspecified atom stereocenters. The second-order valence-corrected chi connectivity index (χ2v) is 17.6. The Labute approximate surface area is 321 Å². The molecule has 13 atom stereocenters. The molecule has 53 heavy (non-hydrogen) atoms. The first-order chi connectivity index (χ1) is 25.7. The Balaban J connectivity index is 1.11. The molecule has 0 spiro atoms. The number of hydrogen-bond acceptors (Lipinski definition) is 8. The van der Waals surface area contributed by atoms with E-state index in [1.807, 2.05) is 0 Å². The zero-order valence-corrected chi connectivity index (χ0v) is 33.3. The van der Waals surface area contributed by atoms with Gasteiger partial charge in [0.25, 0.3) is 0 Å². The Bertz CT molecular complexity index is 996. The number of aliphatic hydroxyl groups is 6. The van der Waals surface area contributed by atoms with Crippen molar-refractivity contribution in [3.05, 3.63) is 11.9 Å². The first-order valence-electron chi connectivity index (χ1n) is 22.4.